The van der Waals surface area contributed by atoms with Crippen LogP contribution in [0.4, 0.5) is 0 Å². The van der Waals surface area contributed by atoms with E-state index in [0.29, 0.717) is 6.54 Å². The van der Waals surface area contributed by atoms with Gasteiger partial charge in [0.1, 0.15) is 5.65 Å². The van der Waals surface area contributed by atoms with E-state index >= 15 is 0 Å². The lowest BCUT2D eigenvalue weighted by atomic mass is 10.2. The molecule has 0 aromatic carbocycles. The summed E-state index contributed by atoms with van der Waals surface area (Å²) in [5.74, 6) is -0.749. The third-order valence-corrected chi connectivity index (χ3v) is 3.67. The summed E-state index contributed by atoms with van der Waals surface area (Å²) in [5, 5.41) is 17.0. The van der Waals surface area contributed by atoms with Crippen LogP contribution in [0.2, 0.25) is 0 Å². The van der Waals surface area contributed by atoms with Gasteiger partial charge in [0, 0.05) is 18.3 Å². The Bertz CT molecular complexity index is 798. The van der Waals surface area contributed by atoms with Crippen LogP contribution in [0.3, 0.4) is 0 Å². The number of pyridine rings is 1. The van der Waals surface area contributed by atoms with Crippen LogP contribution in [0.25, 0.3) is 5.65 Å². The van der Waals surface area contributed by atoms with Crippen LogP contribution in [0.1, 0.15) is 40.6 Å². The van der Waals surface area contributed by atoms with Crippen molar-refractivity contribution in [2.24, 2.45) is 0 Å². The second-order valence-electron chi connectivity index (χ2n) is 5.26. The zero-order valence-electron chi connectivity index (χ0n) is 11.2. The van der Waals surface area contributed by atoms with Crippen molar-refractivity contribution in [1.82, 2.24) is 24.4 Å². The Labute approximate surface area is 119 Å². The highest BCUT2D eigenvalue weighted by atomic mass is 16.4. The summed E-state index contributed by atoms with van der Waals surface area (Å²) in [5.41, 5.74) is 2.49. The minimum Gasteiger partial charge on any atom is -0.476 e. The molecule has 3 heterocycles. The highest BCUT2D eigenvalue weighted by Crippen LogP contribution is 2.41. The van der Waals surface area contributed by atoms with Gasteiger partial charge in [0.2, 0.25) is 0 Å². The molecule has 0 unspecified atom stereocenters. The predicted molar refractivity (Wildman–Crippen MR) is 73.3 cm³/mol. The van der Waals surface area contributed by atoms with Crippen molar-refractivity contribution in [1.29, 1.82) is 0 Å². The van der Waals surface area contributed by atoms with Crippen molar-refractivity contribution in [3.05, 3.63) is 47.7 Å². The molecule has 0 aliphatic heterocycles. The van der Waals surface area contributed by atoms with Crippen LogP contribution in [-0.2, 0) is 6.54 Å². The fourth-order valence-corrected chi connectivity index (χ4v) is 2.57. The maximum atomic E-state index is 11.2. The third kappa shape index (κ3) is 2.06. The van der Waals surface area contributed by atoms with Gasteiger partial charge in [-0.2, -0.15) is 0 Å². The molecule has 0 spiro atoms. The molecular formula is C14H13N5O2. The van der Waals surface area contributed by atoms with Gasteiger partial charge in [-0.1, -0.05) is 11.3 Å². The Kier molecular flexibility index (Phi) is 2.53. The quantitative estimate of drug-likeness (QED) is 0.785. The van der Waals surface area contributed by atoms with E-state index in [1.54, 1.807) is 4.68 Å². The van der Waals surface area contributed by atoms with Crippen LogP contribution >= 0.6 is 0 Å². The monoisotopic (exact) mass is 283 g/mol. The van der Waals surface area contributed by atoms with E-state index in [4.69, 9.17) is 0 Å². The Morgan fingerprint density at radius 1 is 1.38 bits per heavy atom. The fourth-order valence-electron chi connectivity index (χ4n) is 2.57. The lowest BCUT2D eigenvalue weighted by molar-refractivity contribution is 0.0689. The molecule has 3 aromatic heterocycles. The largest absolute Gasteiger partial charge is 0.476 e. The molecule has 0 amide bonds. The van der Waals surface area contributed by atoms with E-state index in [-0.39, 0.29) is 11.6 Å². The van der Waals surface area contributed by atoms with E-state index in [1.807, 2.05) is 35.0 Å². The van der Waals surface area contributed by atoms with E-state index in [0.717, 1.165) is 29.9 Å². The van der Waals surface area contributed by atoms with Crippen molar-refractivity contribution in [3.8, 4) is 0 Å². The summed E-state index contributed by atoms with van der Waals surface area (Å²) < 4.78 is 3.60. The summed E-state index contributed by atoms with van der Waals surface area (Å²) in [6.45, 7) is 0.438. The molecule has 3 aromatic rings. The molecule has 0 radical (unpaired) electrons. The molecule has 21 heavy (non-hydrogen) atoms. The maximum absolute atomic E-state index is 11.2. The van der Waals surface area contributed by atoms with Gasteiger partial charge in [-0.05, 0) is 25.0 Å². The standard InChI is InChI=1S/C14H13N5O2/c20-14(21)12-13(9-4-5-9)19(17-16-12)8-10-7-18-6-2-1-3-11(18)15-10/h1-3,6-7,9H,4-5,8H2,(H,20,21). The number of carbonyl (C=O) groups is 1. The van der Waals surface area contributed by atoms with Gasteiger partial charge in [-0.15, -0.1) is 5.10 Å². The molecule has 1 saturated carbocycles. The molecule has 7 heteroatoms. The number of aromatic nitrogens is 5. The van der Waals surface area contributed by atoms with Gasteiger partial charge in [0.25, 0.3) is 0 Å². The first-order valence-corrected chi connectivity index (χ1v) is 6.81. The molecule has 0 atom stereocenters. The molecule has 1 aliphatic rings. The lowest BCUT2D eigenvalue weighted by Crippen LogP contribution is -2.08. The molecule has 1 aliphatic carbocycles. The van der Waals surface area contributed by atoms with Gasteiger partial charge in [0.05, 0.1) is 17.9 Å². The van der Waals surface area contributed by atoms with Gasteiger partial charge in [-0.25, -0.2) is 14.5 Å². The molecule has 106 valence electrons. The van der Waals surface area contributed by atoms with Gasteiger partial charge < -0.3 is 9.51 Å². The summed E-state index contributed by atoms with van der Waals surface area (Å²) >= 11 is 0. The number of imidazole rings is 1. The Balaban J connectivity index is 1.72. The first kappa shape index (κ1) is 12.1. The number of nitrogens with zero attached hydrogens (tertiary/aromatic N) is 5. The molecule has 0 bridgehead atoms. The molecule has 4 rings (SSSR count). The van der Waals surface area contributed by atoms with Gasteiger partial charge in [-0.3, -0.25) is 0 Å². The van der Waals surface area contributed by atoms with E-state index < -0.39 is 5.97 Å². The number of hydrogen-bond acceptors (Lipinski definition) is 4. The number of fused-ring (bicyclic) bond motifs is 1. The third-order valence-electron chi connectivity index (χ3n) is 3.67. The fraction of sp³-hybridized carbons (Fsp3) is 0.286. The first-order valence-electron chi connectivity index (χ1n) is 6.81. The van der Waals surface area contributed by atoms with Crippen LogP contribution in [0, 0.1) is 0 Å². The van der Waals surface area contributed by atoms with Crippen molar-refractivity contribution in [2.75, 3.05) is 0 Å². The van der Waals surface area contributed by atoms with Crippen molar-refractivity contribution in [2.45, 2.75) is 25.3 Å². The van der Waals surface area contributed by atoms with Crippen molar-refractivity contribution >= 4 is 11.6 Å². The maximum Gasteiger partial charge on any atom is 0.358 e. The summed E-state index contributed by atoms with van der Waals surface area (Å²) in [6.07, 6.45) is 5.85. The predicted octanol–water partition coefficient (Wildman–Crippen LogP) is 1.55. The average Bonchev–Trinajstić information content (AvgIpc) is 3.08. The zero-order valence-corrected chi connectivity index (χ0v) is 11.2. The molecule has 1 fully saturated rings. The summed E-state index contributed by atoms with van der Waals surface area (Å²) in [7, 11) is 0. The molecular weight excluding hydrogens is 270 g/mol. The Hall–Kier alpha value is -2.70. The summed E-state index contributed by atoms with van der Waals surface area (Å²) in [6, 6.07) is 5.79. The lowest BCUT2D eigenvalue weighted by Gasteiger charge is -2.03. The number of rotatable bonds is 4. The first-order chi connectivity index (χ1) is 10.2. The minimum atomic E-state index is -1.02. The highest BCUT2D eigenvalue weighted by molar-refractivity contribution is 5.86. The molecule has 0 saturated heterocycles. The number of aromatic carboxylic acids is 1. The van der Waals surface area contributed by atoms with E-state index in [2.05, 4.69) is 15.3 Å². The van der Waals surface area contributed by atoms with E-state index in [9.17, 15) is 9.90 Å². The zero-order chi connectivity index (χ0) is 14.4. The number of carboxylic acids is 1. The summed E-state index contributed by atoms with van der Waals surface area (Å²) in [4.78, 5) is 15.7. The highest BCUT2D eigenvalue weighted by Gasteiger charge is 2.33. The molecule has 7 nitrogen and oxygen atoms in total. The van der Waals surface area contributed by atoms with Crippen LogP contribution in [0.5, 0.6) is 0 Å². The van der Waals surface area contributed by atoms with Crippen LogP contribution in [-0.4, -0.2) is 35.5 Å². The minimum absolute atomic E-state index is 0.0706. The number of hydrogen-bond donors (Lipinski definition) is 1. The topological polar surface area (TPSA) is 85.3 Å². The average molecular weight is 283 g/mol. The van der Waals surface area contributed by atoms with Gasteiger partial charge in [0.15, 0.2) is 5.69 Å². The van der Waals surface area contributed by atoms with Crippen molar-refractivity contribution in [3.63, 3.8) is 0 Å². The van der Waals surface area contributed by atoms with E-state index in [1.165, 1.54) is 0 Å². The smallest absolute Gasteiger partial charge is 0.358 e. The SMILES string of the molecule is O=C(O)c1nnn(Cc2cn3ccccc3n2)c1C1CC1. The van der Waals surface area contributed by atoms with Crippen LogP contribution in [0.15, 0.2) is 30.6 Å². The number of carboxylic acid groups (broad SMARTS) is 1. The second kappa shape index (κ2) is 4.41. The van der Waals surface area contributed by atoms with Crippen molar-refractivity contribution < 1.29 is 9.90 Å². The Morgan fingerprint density at radius 3 is 2.95 bits per heavy atom. The van der Waals surface area contributed by atoms with Gasteiger partial charge >= 0.3 is 5.97 Å². The van der Waals surface area contributed by atoms with Crippen LogP contribution < -0.4 is 0 Å². The normalized spacial score (nSPS) is 14.7. The second-order valence-corrected chi connectivity index (χ2v) is 5.26. The Morgan fingerprint density at radius 2 is 2.24 bits per heavy atom. The molecule has 1 N–H and O–H groups in total.